The van der Waals surface area contributed by atoms with E-state index in [1.54, 1.807) is 0 Å². The molecular formula is C14H23NOS. The van der Waals surface area contributed by atoms with Crippen LogP contribution in [0.4, 0.5) is 5.69 Å². The van der Waals surface area contributed by atoms with Gasteiger partial charge in [0.25, 0.3) is 0 Å². The molecule has 2 nitrogen and oxygen atoms in total. The fraction of sp³-hybridized carbons (Fsp3) is 0.571. The topological polar surface area (TPSA) is 43.1 Å². The third kappa shape index (κ3) is 4.90. The van der Waals surface area contributed by atoms with E-state index in [0.29, 0.717) is 5.69 Å². The first-order valence-corrected chi connectivity index (χ1v) is 7.71. The van der Waals surface area contributed by atoms with Crippen LogP contribution >= 0.6 is 0 Å². The Balaban J connectivity index is 2.42. The third-order valence-corrected chi connectivity index (χ3v) is 4.37. The molecule has 2 N–H and O–H groups in total. The predicted molar refractivity (Wildman–Crippen MR) is 75.6 cm³/mol. The molecule has 1 aromatic rings. The summed E-state index contributed by atoms with van der Waals surface area (Å²) >= 11 is 0. The van der Waals surface area contributed by atoms with E-state index in [1.165, 1.54) is 25.7 Å². The van der Waals surface area contributed by atoms with E-state index in [9.17, 15) is 4.21 Å². The van der Waals surface area contributed by atoms with Crippen molar-refractivity contribution in [3.8, 4) is 0 Å². The largest absolute Gasteiger partial charge is 0.398 e. The van der Waals surface area contributed by atoms with Crippen LogP contribution in [0.1, 0.15) is 44.6 Å². The highest BCUT2D eigenvalue weighted by Gasteiger charge is 2.07. The minimum atomic E-state index is -0.934. The van der Waals surface area contributed by atoms with Gasteiger partial charge in [0.1, 0.15) is 0 Å². The molecule has 0 spiro atoms. The SMILES string of the molecule is CCCCCCCS(=O)c1ccc(C)cc1N. The number of hydrogen-bond donors (Lipinski definition) is 1. The summed E-state index contributed by atoms with van der Waals surface area (Å²) in [7, 11) is -0.934. The van der Waals surface area contributed by atoms with Crippen LogP contribution in [0.25, 0.3) is 0 Å². The average Bonchev–Trinajstić information content (AvgIpc) is 2.28. The van der Waals surface area contributed by atoms with Crippen molar-refractivity contribution in [2.75, 3.05) is 11.5 Å². The van der Waals surface area contributed by atoms with E-state index in [2.05, 4.69) is 6.92 Å². The van der Waals surface area contributed by atoms with Gasteiger partial charge in [-0.2, -0.15) is 0 Å². The highest BCUT2D eigenvalue weighted by molar-refractivity contribution is 7.85. The molecule has 1 unspecified atom stereocenters. The lowest BCUT2D eigenvalue weighted by atomic mass is 10.2. The molecule has 0 bridgehead atoms. The van der Waals surface area contributed by atoms with E-state index < -0.39 is 10.8 Å². The molecule has 1 aromatic carbocycles. The van der Waals surface area contributed by atoms with E-state index in [4.69, 9.17) is 5.73 Å². The number of hydrogen-bond acceptors (Lipinski definition) is 2. The molecule has 17 heavy (non-hydrogen) atoms. The van der Waals surface area contributed by atoms with Crippen molar-refractivity contribution in [1.29, 1.82) is 0 Å². The van der Waals surface area contributed by atoms with Crippen LogP contribution in [0, 0.1) is 6.92 Å². The zero-order chi connectivity index (χ0) is 12.7. The van der Waals surface area contributed by atoms with Gasteiger partial charge in [0, 0.05) is 11.4 Å². The summed E-state index contributed by atoms with van der Waals surface area (Å²) in [5, 5.41) is 0. The Morgan fingerprint density at radius 3 is 2.53 bits per heavy atom. The highest BCUT2D eigenvalue weighted by atomic mass is 32.2. The summed E-state index contributed by atoms with van der Waals surface area (Å²) in [5.41, 5.74) is 7.66. The van der Waals surface area contributed by atoms with E-state index in [-0.39, 0.29) is 0 Å². The van der Waals surface area contributed by atoms with Crippen molar-refractivity contribution in [3.05, 3.63) is 23.8 Å². The number of nitrogen functional groups attached to an aromatic ring is 1. The summed E-state index contributed by atoms with van der Waals surface area (Å²) in [6.45, 7) is 4.19. The number of unbranched alkanes of at least 4 members (excludes halogenated alkanes) is 4. The van der Waals surface area contributed by atoms with Crippen LogP contribution in [0.2, 0.25) is 0 Å². The van der Waals surface area contributed by atoms with Crippen molar-refractivity contribution in [3.63, 3.8) is 0 Å². The molecule has 0 saturated heterocycles. The first-order valence-electron chi connectivity index (χ1n) is 6.39. The Hall–Kier alpha value is -0.830. The number of aryl methyl sites for hydroxylation is 1. The van der Waals surface area contributed by atoms with Gasteiger partial charge < -0.3 is 5.73 Å². The molecule has 0 fully saturated rings. The fourth-order valence-corrected chi connectivity index (χ4v) is 3.05. The molecule has 96 valence electrons. The summed E-state index contributed by atoms with van der Waals surface area (Å²) in [4.78, 5) is 0.797. The summed E-state index contributed by atoms with van der Waals surface area (Å²) in [5.74, 6) is 0.733. The third-order valence-electron chi connectivity index (χ3n) is 2.84. The summed E-state index contributed by atoms with van der Waals surface area (Å²) < 4.78 is 12.0. The lowest BCUT2D eigenvalue weighted by Gasteiger charge is -2.06. The van der Waals surface area contributed by atoms with Gasteiger partial charge in [0.2, 0.25) is 0 Å². The molecule has 0 heterocycles. The Bertz CT molecular complexity index is 376. The van der Waals surface area contributed by atoms with Gasteiger partial charge in [-0.1, -0.05) is 38.7 Å². The Kier molecular flexibility index (Phi) is 6.27. The maximum absolute atomic E-state index is 12.0. The minimum absolute atomic E-state index is 0.664. The van der Waals surface area contributed by atoms with Crippen molar-refractivity contribution >= 4 is 16.5 Å². The highest BCUT2D eigenvalue weighted by Crippen LogP contribution is 2.19. The second-order valence-corrected chi connectivity index (χ2v) is 6.04. The van der Waals surface area contributed by atoms with Gasteiger partial charge in [-0.15, -0.1) is 0 Å². The molecule has 0 amide bonds. The minimum Gasteiger partial charge on any atom is -0.398 e. The van der Waals surface area contributed by atoms with Gasteiger partial charge in [-0.3, -0.25) is 4.21 Å². The van der Waals surface area contributed by atoms with E-state index in [1.807, 2.05) is 25.1 Å². The van der Waals surface area contributed by atoms with Crippen molar-refractivity contribution in [2.45, 2.75) is 50.8 Å². The normalized spacial score (nSPS) is 12.6. The van der Waals surface area contributed by atoms with E-state index >= 15 is 0 Å². The second-order valence-electron chi connectivity index (χ2n) is 4.51. The van der Waals surface area contributed by atoms with Crippen molar-refractivity contribution in [2.24, 2.45) is 0 Å². The fourth-order valence-electron chi connectivity index (χ4n) is 1.82. The average molecular weight is 253 g/mol. The molecule has 0 saturated carbocycles. The summed E-state index contributed by atoms with van der Waals surface area (Å²) in [6, 6.07) is 5.76. The predicted octanol–water partition coefficient (Wildman–Crippen LogP) is 3.66. The summed E-state index contributed by atoms with van der Waals surface area (Å²) in [6.07, 6.45) is 5.97. The molecular weight excluding hydrogens is 230 g/mol. The van der Waals surface area contributed by atoms with Crippen LogP contribution in [0.3, 0.4) is 0 Å². The monoisotopic (exact) mass is 253 g/mol. The van der Waals surface area contributed by atoms with Gasteiger partial charge in [0.15, 0.2) is 0 Å². The first kappa shape index (κ1) is 14.2. The number of anilines is 1. The maximum Gasteiger partial charge on any atom is 0.0617 e. The number of nitrogens with two attached hydrogens (primary N) is 1. The smallest absolute Gasteiger partial charge is 0.0617 e. The second kappa shape index (κ2) is 7.49. The molecule has 1 atom stereocenters. The molecule has 0 radical (unpaired) electrons. The van der Waals surface area contributed by atoms with Gasteiger partial charge in [-0.25, -0.2) is 0 Å². The van der Waals surface area contributed by atoms with Crippen LogP contribution in [-0.4, -0.2) is 9.96 Å². The van der Waals surface area contributed by atoms with Crippen LogP contribution in [0.5, 0.6) is 0 Å². The zero-order valence-corrected chi connectivity index (χ0v) is 11.7. The zero-order valence-electron chi connectivity index (χ0n) is 10.9. The molecule has 1 rings (SSSR count). The van der Waals surface area contributed by atoms with Crippen LogP contribution < -0.4 is 5.73 Å². The molecule has 0 aliphatic heterocycles. The molecule has 0 aliphatic rings. The van der Waals surface area contributed by atoms with Gasteiger partial charge >= 0.3 is 0 Å². The van der Waals surface area contributed by atoms with Crippen molar-refractivity contribution < 1.29 is 4.21 Å². The van der Waals surface area contributed by atoms with Crippen molar-refractivity contribution in [1.82, 2.24) is 0 Å². The number of rotatable bonds is 7. The molecule has 3 heteroatoms. The molecule has 0 aliphatic carbocycles. The van der Waals surface area contributed by atoms with Crippen LogP contribution in [-0.2, 0) is 10.8 Å². The Morgan fingerprint density at radius 1 is 1.18 bits per heavy atom. The van der Waals surface area contributed by atoms with E-state index in [0.717, 1.165) is 22.6 Å². The lowest BCUT2D eigenvalue weighted by Crippen LogP contribution is -2.02. The Morgan fingerprint density at radius 2 is 1.88 bits per heavy atom. The number of benzene rings is 1. The Labute approximate surface area is 107 Å². The quantitative estimate of drug-likeness (QED) is 0.595. The standard InChI is InChI=1S/C14H23NOS/c1-3-4-5-6-7-10-17(16)14-9-8-12(2)11-13(14)15/h8-9,11H,3-7,10,15H2,1-2H3. The lowest BCUT2D eigenvalue weighted by molar-refractivity contribution is 0.647. The molecule has 0 aromatic heterocycles. The van der Waals surface area contributed by atoms with Gasteiger partial charge in [-0.05, 0) is 31.0 Å². The van der Waals surface area contributed by atoms with Crippen LogP contribution in [0.15, 0.2) is 23.1 Å². The maximum atomic E-state index is 12.0. The van der Waals surface area contributed by atoms with Gasteiger partial charge in [0.05, 0.1) is 15.7 Å². The first-order chi connectivity index (χ1) is 8.15.